The summed E-state index contributed by atoms with van der Waals surface area (Å²) in [6, 6.07) is 18.1. The lowest BCUT2D eigenvalue weighted by atomic mass is 9.90. The molecule has 0 spiro atoms. The van der Waals surface area contributed by atoms with Crippen molar-refractivity contribution in [1.82, 2.24) is 4.90 Å². The number of nitrogens with one attached hydrogen (secondary N) is 1. The lowest BCUT2D eigenvalue weighted by Gasteiger charge is -2.31. The average Bonchev–Trinajstić information content (AvgIpc) is 2.65. The van der Waals surface area contributed by atoms with Crippen LogP contribution in [-0.2, 0) is 11.2 Å². The summed E-state index contributed by atoms with van der Waals surface area (Å²) in [5.74, 6) is 1.56. The second-order valence-electron chi connectivity index (χ2n) is 6.69. The number of benzene rings is 2. The highest BCUT2D eigenvalue weighted by atomic mass is 16.5. The summed E-state index contributed by atoms with van der Waals surface area (Å²) < 4.78 is 5.13. The molecule has 0 aliphatic carbocycles. The van der Waals surface area contributed by atoms with Gasteiger partial charge in [-0.1, -0.05) is 30.3 Å². The number of carbonyl (C=O) groups is 1. The highest BCUT2D eigenvalue weighted by Crippen LogP contribution is 2.21. The summed E-state index contributed by atoms with van der Waals surface area (Å²) in [5, 5.41) is 2.96. The Labute approximate surface area is 149 Å². The van der Waals surface area contributed by atoms with E-state index in [1.165, 1.54) is 5.56 Å². The molecule has 1 aliphatic heterocycles. The number of anilines is 1. The van der Waals surface area contributed by atoms with Crippen molar-refractivity contribution in [2.45, 2.75) is 19.3 Å². The van der Waals surface area contributed by atoms with Crippen LogP contribution in [0.15, 0.2) is 54.6 Å². The molecule has 1 N–H and O–H groups in total. The third-order valence-electron chi connectivity index (χ3n) is 4.82. The molecule has 1 amide bonds. The maximum atomic E-state index is 12.2. The van der Waals surface area contributed by atoms with Gasteiger partial charge in [-0.3, -0.25) is 9.69 Å². The number of amides is 1. The van der Waals surface area contributed by atoms with Crippen LogP contribution >= 0.6 is 0 Å². The number of hydrogen-bond acceptors (Lipinski definition) is 3. The highest BCUT2D eigenvalue weighted by Gasteiger charge is 2.21. The van der Waals surface area contributed by atoms with Gasteiger partial charge in [0.2, 0.25) is 5.91 Å². The quantitative estimate of drug-likeness (QED) is 0.875. The van der Waals surface area contributed by atoms with E-state index in [0.29, 0.717) is 6.54 Å². The van der Waals surface area contributed by atoms with E-state index in [2.05, 4.69) is 40.5 Å². The van der Waals surface area contributed by atoms with Gasteiger partial charge in [-0.2, -0.15) is 0 Å². The standard InChI is InChI=1S/C21H26N2O2/c1-25-20-9-7-19(8-10-20)22-21(24)16-23-13-11-18(12-14-23)15-17-5-3-2-4-6-17/h2-10,18H,11-16H2,1H3,(H,22,24). The molecule has 0 atom stereocenters. The topological polar surface area (TPSA) is 41.6 Å². The molecule has 1 fully saturated rings. The van der Waals surface area contributed by atoms with Gasteiger partial charge >= 0.3 is 0 Å². The van der Waals surface area contributed by atoms with Crippen molar-refractivity contribution in [2.24, 2.45) is 5.92 Å². The van der Waals surface area contributed by atoms with Crippen LogP contribution in [-0.4, -0.2) is 37.6 Å². The van der Waals surface area contributed by atoms with Gasteiger partial charge in [0, 0.05) is 5.69 Å². The molecule has 4 nitrogen and oxygen atoms in total. The van der Waals surface area contributed by atoms with E-state index >= 15 is 0 Å². The van der Waals surface area contributed by atoms with Crippen molar-refractivity contribution < 1.29 is 9.53 Å². The van der Waals surface area contributed by atoms with Gasteiger partial charge in [0.25, 0.3) is 0 Å². The maximum Gasteiger partial charge on any atom is 0.238 e. The molecule has 1 heterocycles. The first-order valence-electron chi connectivity index (χ1n) is 8.93. The van der Waals surface area contributed by atoms with Crippen LogP contribution in [0.4, 0.5) is 5.69 Å². The molecular weight excluding hydrogens is 312 g/mol. The molecule has 0 aromatic heterocycles. The molecule has 132 valence electrons. The zero-order chi connectivity index (χ0) is 17.5. The Hall–Kier alpha value is -2.33. The fourth-order valence-electron chi connectivity index (χ4n) is 3.37. The molecule has 25 heavy (non-hydrogen) atoms. The molecule has 4 heteroatoms. The normalized spacial score (nSPS) is 15.7. The summed E-state index contributed by atoms with van der Waals surface area (Å²) in [5.41, 5.74) is 2.22. The highest BCUT2D eigenvalue weighted by molar-refractivity contribution is 5.92. The molecule has 0 radical (unpaired) electrons. The van der Waals surface area contributed by atoms with Crippen LogP contribution in [0.3, 0.4) is 0 Å². The van der Waals surface area contributed by atoms with E-state index < -0.39 is 0 Å². The van der Waals surface area contributed by atoms with Crippen molar-refractivity contribution in [3.63, 3.8) is 0 Å². The molecule has 2 aromatic rings. The van der Waals surface area contributed by atoms with Gasteiger partial charge < -0.3 is 10.1 Å². The first kappa shape index (κ1) is 17.5. The van der Waals surface area contributed by atoms with E-state index in [4.69, 9.17) is 4.74 Å². The zero-order valence-corrected chi connectivity index (χ0v) is 14.8. The second kappa shape index (κ2) is 8.67. The molecule has 3 rings (SSSR count). The van der Waals surface area contributed by atoms with Gasteiger partial charge in [0.15, 0.2) is 0 Å². The van der Waals surface area contributed by atoms with Crippen molar-refractivity contribution in [2.75, 3.05) is 32.1 Å². The number of rotatable bonds is 6. The van der Waals surface area contributed by atoms with Crippen molar-refractivity contribution in [3.8, 4) is 5.75 Å². The molecule has 0 unspecified atom stereocenters. The lowest BCUT2D eigenvalue weighted by Crippen LogP contribution is -2.39. The molecular formula is C21H26N2O2. The van der Waals surface area contributed by atoms with Crippen LogP contribution in [0.5, 0.6) is 5.75 Å². The first-order valence-corrected chi connectivity index (χ1v) is 8.93. The van der Waals surface area contributed by atoms with Gasteiger partial charge in [-0.05, 0) is 68.1 Å². The predicted molar refractivity (Wildman–Crippen MR) is 101 cm³/mol. The maximum absolute atomic E-state index is 12.2. The fourth-order valence-corrected chi connectivity index (χ4v) is 3.37. The number of carbonyl (C=O) groups excluding carboxylic acids is 1. The Kier molecular flexibility index (Phi) is 6.07. The predicted octanol–water partition coefficient (Wildman–Crippen LogP) is 3.59. The number of piperidine rings is 1. The van der Waals surface area contributed by atoms with Gasteiger partial charge in [0.05, 0.1) is 13.7 Å². The summed E-state index contributed by atoms with van der Waals surface area (Å²) >= 11 is 0. The molecule has 2 aromatic carbocycles. The Bertz CT molecular complexity index is 662. The molecule has 1 aliphatic rings. The number of methoxy groups -OCH3 is 1. The minimum atomic E-state index is 0.0478. The van der Waals surface area contributed by atoms with Crippen molar-refractivity contribution >= 4 is 11.6 Å². The Morgan fingerprint density at radius 1 is 1.08 bits per heavy atom. The van der Waals surface area contributed by atoms with Crippen molar-refractivity contribution in [3.05, 3.63) is 60.2 Å². The SMILES string of the molecule is COc1ccc(NC(=O)CN2CCC(Cc3ccccc3)CC2)cc1. The van der Waals surface area contributed by atoms with E-state index in [9.17, 15) is 4.79 Å². The molecule has 0 bridgehead atoms. The zero-order valence-electron chi connectivity index (χ0n) is 14.8. The van der Waals surface area contributed by atoms with Crippen LogP contribution in [0.1, 0.15) is 18.4 Å². The summed E-state index contributed by atoms with van der Waals surface area (Å²) in [7, 11) is 1.63. The molecule has 1 saturated heterocycles. The van der Waals surface area contributed by atoms with Gasteiger partial charge in [-0.15, -0.1) is 0 Å². The third kappa shape index (κ3) is 5.33. The Morgan fingerprint density at radius 3 is 2.40 bits per heavy atom. The van der Waals surface area contributed by atoms with E-state index in [0.717, 1.165) is 49.7 Å². The Balaban J connectivity index is 1.41. The minimum Gasteiger partial charge on any atom is -0.497 e. The van der Waals surface area contributed by atoms with Crippen LogP contribution in [0.2, 0.25) is 0 Å². The molecule has 0 saturated carbocycles. The van der Waals surface area contributed by atoms with E-state index in [-0.39, 0.29) is 5.91 Å². The average molecular weight is 338 g/mol. The second-order valence-corrected chi connectivity index (χ2v) is 6.69. The van der Waals surface area contributed by atoms with Gasteiger partial charge in [-0.25, -0.2) is 0 Å². The summed E-state index contributed by atoms with van der Waals surface area (Å²) in [4.78, 5) is 14.5. The first-order chi connectivity index (χ1) is 12.2. The number of ether oxygens (including phenoxy) is 1. The van der Waals surface area contributed by atoms with Crippen LogP contribution in [0.25, 0.3) is 0 Å². The number of nitrogens with zero attached hydrogens (tertiary/aromatic N) is 1. The van der Waals surface area contributed by atoms with Crippen LogP contribution in [0, 0.1) is 5.92 Å². The van der Waals surface area contributed by atoms with E-state index in [1.807, 2.05) is 24.3 Å². The summed E-state index contributed by atoms with van der Waals surface area (Å²) in [6.07, 6.45) is 3.46. The van der Waals surface area contributed by atoms with E-state index in [1.54, 1.807) is 7.11 Å². The van der Waals surface area contributed by atoms with Crippen molar-refractivity contribution in [1.29, 1.82) is 0 Å². The summed E-state index contributed by atoms with van der Waals surface area (Å²) in [6.45, 7) is 2.45. The lowest BCUT2D eigenvalue weighted by molar-refractivity contribution is -0.117. The number of hydrogen-bond donors (Lipinski definition) is 1. The van der Waals surface area contributed by atoms with Crippen LogP contribution < -0.4 is 10.1 Å². The monoisotopic (exact) mass is 338 g/mol. The largest absolute Gasteiger partial charge is 0.497 e. The van der Waals surface area contributed by atoms with Gasteiger partial charge in [0.1, 0.15) is 5.75 Å². The minimum absolute atomic E-state index is 0.0478. The Morgan fingerprint density at radius 2 is 1.76 bits per heavy atom. The fraction of sp³-hybridized carbons (Fsp3) is 0.381. The number of likely N-dealkylation sites (tertiary alicyclic amines) is 1. The smallest absolute Gasteiger partial charge is 0.238 e. The third-order valence-corrected chi connectivity index (χ3v) is 4.82.